The van der Waals surface area contributed by atoms with E-state index in [1.165, 1.54) is 0 Å². The number of alkyl halides is 3. The molecular weight excluding hydrogens is 361 g/mol. The molecule has 8 heteroatoms. The zero-order chi connectivity index (χ0) is 15.8. The van der Waals surface area contributed by atoms with Crippen molar-refractivity contribution in [3.8, 4) is 0 Å². The minimum Gasteiger partial charge on any atom is -0.326 e. The molecule has 0 N–H and O–H groups in total. The van der Waals surface area contributed by atoms with Gasteiger partial charge in [-0.15, -0.1) is 0 Å². The molecule has 2 nitrogen and oxygen atoms in total. The molecule has 1 fully saturated rings. The molecule has 21 heavy (non-hydrogen) atoms. The minimum atomic E-state index is -4.58. The second-order valence-electron chi connectivity index (χ2n) is 4.77. The molecule has 1 saturated heterocycles. The lowest BCUT2D eigenvalue weighted by molar-refractivity contribution is -0.183. The molecule has 1 amide bonds. The van der Waals surface area contributed by atoms with Crippen LogP contribution in [0.25, 0.3) is 0 Å². The van der Waals surface area contributed by atoms with Gasteiger partial charge in [-0.1, -0.05) is 0 Å². The average molecular weight is 372 g/mol. The van der Waals surface area contributed by atoms with Gasteiger partial charge < -0.3 is 4.90 Å². The van der Waals surface area contributed by atoms with Gasteiger partial charge in [0.25, 0.3) is 5.91 Å². The van der Waals surface area contributed by atoms with Crippen LogP contribution in [-0.4, -0.2) is 29.6 Å². The van der Waals surface area contributed by atoms with Gasteiger partial charge in [0.15, 0.2) is 11.6 Å². The highest BCUT2D eigenvalue weighted by Gasteiger charge is 2.46. The number of piperidine rings is 1. The van der Waals surface area contributed by atoms with Gasteiger partial charge in [0.05, 0.1) is 10.0 Å². The summed E-state index contributed by atoms with van der Waals surface area (Å²) in [6.07, 6.45) is -4.07. The molecule has 1 aromatic rings. The van der Waals surface area contributed by atoms with Crippen molar-refractivity contribution in [1.82, 2.24) is 4.90 Å². The third kappa shape index (κ3) is 3.20. The maximum Gasteiger partial charge on any atom is 0.408 e. The van der Waals surface area contributed by atoms with Crippen LogP contribution < -0.4 is 0 Å². The van der Waals surface area contributed by atoms with Crippen LogP contribution in [0.1, 0.15) is 29.6 Å². The molecule has 0 saturated carbocycles. The van der Waals surface area contributed by atoms with Crippen LogP contribution in [0.2, 0.25) is 0 Å². The van der Waals surface area contributed by atoms with Crippen LogP contribution in [0.5, 0.6) is 0 Å². The third-order valence-electron chi connectivity index (χ3n) is 3.41. The number of hydrogen-bond donors (Lipinski definition) is 0. The van der Waals surface area contributed by atoms with E-state index in [2.05, 4.69) is 15.9 Å². The molecule has 1 heterocycles. The predicted molar refractivity (Wildman–Crippen MR) is 68.8 cm³/mol. The molecule has 0 radical (unpaired) electrons. The fourth-order valence-electron chi connectivity index (χ4n) is 2.36. The summed E-state index contributed by atoms with van der Waals surface area (Å²) in [4.78, 5) is 12.7. The van der Waals surface area contributed by atoms with Gasteiger partial charge in [-0.05, 0) is 47.3 Å². The monoisotopic (exact) mass is 371 g/mol. The highest BCUT2D eigenvalue weighted by atomic mass is 79.9. The molecule has 0 aromatic heterocycles. The Labute approximate surface area is 126 Å². The van der Waals surface area contributed by atoms with Crippen LogP contribution in [0.15, 0.2) is 16.6 Å². The topological polar surface area (TPSA) is 20.3 Å². The Hall–Kier alpha value is -1.18. The number of rotatable bonds is 1. The number of likely N-dealkylation sites (tertiary alicyclic amines) is 1. The molecule has 0 spiro atoms. The van der Waals surface area contributed by atoms with Crippen molar-refractivity contribution in [2.24, 2.45) is 0 Å². The van der Waals surface area contributed by atoms with E-state index in [9.17, 15) is 26.7 Å². The normalized spacial score (nSPS) is 19.7. The lowest BCUT2D eigenvalue weighted by Gasteiger charge is -2.36. The summed E-state index contributed by atoms with van der Waals surface area (Å²) in [5, 5.41) is 0. The van der Waals surface area contributed by atoms with Crippen molar-refractivity contribution in [1.29, 1.82) is 0 Å². The van der Waals surface area contributed by atoms with Crippen molar-refractivity contribution in [3.63, 3.8) is 0 Å². The van der Waals surface area contributed by atoms with Gasteiger partial charge in [0, 0.05) is 6.54 Å². The van der Waals surface area contributed by atoms with Crippen LogP contribution in [0.4, 0.5) is 22.0 Å². The molecule has 1 aliphatic rings. The van der Waals surface area contributed by atoms with E-state index in [0.717, 1.165) is 12.1 Å². The molecule has 2 rings (SSSR count). The maximum absolute atomic E-state index is 13.8. The molecule has 116 valence electrons. The summed E-state index contributed by atoms with van der Waals surface area (Å²) in [6.45, 7) is -0.125. The van der Waals surface area contributed by atoms with E-state index < -0.39 is 35.3 Å². The van der Waals surface area contributed by atoms with Crippen LogP contribution in [-0.2, 0) is 0 Å². The number of hydrogen-bond acceptors (Lipinski definition) is 1. The van der Waals surface area contributed by atoms with Gasteiger partial charge in [0.2, 0.25) is 0 Å². The Morgan fingerprint density at radius 3 is 2.48 bits per heavy atom. The summed E-state index contributed by atoms with van der Waals surface area (Å²) >= 11 is 2.75. The van der Waals surface area contributed by atoms with Crippen LogP contribution in [0.3, 0.4) is 0 Å². The predicted octanol–water partition coefficient (Wildman–Crippen LogP) is 4.28. The lowest BCUT2D eigenvalue weighted by atomic mass is 10.00. The number of amides is 1. The number of benzene rings is 1. The summed E-state index contributed by atoms with van der Waals surface area (Å²) in [6, 6.07) is 0.121. The van der Waals surface area contributed by atoms with Gasteiger partial charge in [0.1, 0.15) is 6.04 Å². The number of nitrogens with zero attached hydrogens (tertiary/aromatic N) is 1. The second-order valence-corrected chi connectivity index (χ2v) is 5.63. The van der Waals surface area contributed by atoms with Crippen LogP contribution >= 0.6 is 15.9 Å². The fraction of sp³-hybridized carbons (Fsp3) is 0.462. The summed E-state index contributed by atoms with van der Waals surface area (Å²) in [7, 11) is 0. The van der Waals surface area contributed by atoms with Crippen molar-refractivity contribution >= 4 is 21.8 Å². The Kier molecular flexibility index (Phi) is 4.55. The zero-order valence-corrected chi connectivity index (χ0v) is 12.3. The Balaban J connectivity index is 2.36. The molecular formula is C13H11BrF5NO. The Bertz CT molecular complexity index is 560. The molecule has 1 aromatic carbocycles. The molecule has 1 aliphatic heterocycles. The fourth-order valence-corrected chi connectivity index (χ4v) is 2.67. The number of carbonyl (C=O) groups is 1. The second kappa shape index (κ2) is 5.90. The highest BCUT2D eigenvalue weighted by molar-refractivity contribution is 9.10. The van der Waals surface area contributed by atoms with E-state index >= 15 is 0 Å². The van der Waals surface area contributed by atoms with Crippen molar-refractivity contribution in [2.75, 3.05) is 6.54 Å². The molecule has 0 bridgehead atoms. The zero-order valence-electron chi connectivity index (χ0n) is 10.7. The molecule has 1 atom stereocenters. The van der Waals surface area contributed by atoms with Gasteiger partial charge in [-0.3, -0.25) is 4.79 Å². The molecule has 0 aliphatic carbocycles. The number of halogens is 6. The summed E-state index contributed by atoms with van der Waals surface area (Å²) in [5.74, 6) is -3.87. The largest absolute Gasteiger partial charge is 0.408 e. The van der Waals surface area contributed by atoms with Gasteiger partial charge >= 0.3 is 6.18 Å². The first-order valence-electron chi connectivity index (χ1n) is 6.24. The summed E-state index contributed by atoms with van der Waals surface area (Å²) < 4.78 is 65.8. The minimum absolute atomic E-state index is 0.125. The first kappa shape index (κ1) is 16.2. The van der Waals surface area contributed by atoms with Gasteiger partial charge in [-0.2, -0.15) is 13.2 Å². The summed E-state index contributed by atoms with van der Waals surface area (Å²) in [5.41, 5.74) is -0.688. The van der Waals surface area contributed by atoms with E-state index in [0.29, 0.717) is 17.7 Å². The quantitative estimate of drug-likeness (QED) is 0.532. The Morgan fingerprint density at radius 1 is 1.19 bits per heavy atom. The van der Waals surface area contributed by atoms with Crippen LogP contribution in [0, 0.1) is 11.6 Å². The van der Waals surface area contributed by atoms with E-state index in [1.54, 1.807) is 0 Å². The van der Waals surface area contributed by atoms with E-state index in [4.69, 9.17) is 0 Å². The van der Waals surface area contributed by atoms with E-state index in [1.807, 2.05) is 0 Å². The van der Waals surface area contributed by atoms with Crippen molar-refractivity contribution in [3.05, 3.63) is 33.8 Å². The lowest BCUT2D eigenvalue weighted by Crippen LogP contribution is -2.51. The SMILES string of the molecule is O=C(c1ccc(Br)c(F)c1F)N1CCCCC1C(F)(F)F. The smallest absolute Gasteiger partial charge is 0.326 e. The highest BCUT2D eigenvalue weighted by Crippen LogP contribution is 2.33. The number of carbonyl (C=O) groups excluding carboxylic acids is 1. The van der Waals surface area contributed by atoms with E-state index in [-0.39, 0.29) is 17.4 Å². The third-order valence-corrected chi connectivity index (χ3v) is 4.02. The standard InChI is InChI=1S/C13H11BrF5NO/c14-8-5-4-7(10(15)11(8)16)12(21)20-6-2-1-3-9(20)13(17,18)19/h4-5,9H,1-3,6H2. The van der Waals surface area contributed by atoms with Crippen molar-refractivity contribution < 1.29 is 26.7 Å². The first-order valence-corrected chi connectivity index (χ1v) is 7.04. The van der Waals surface area contributed by atoms with Crippen molar-refractivity contribution in [2.45, 2.75) is 31.5 Å². The Morgan fingerprint density at radius 2 is 1.86 bits per heavy atom. The maximum atomic E-state index is 13.8. The van der Waals surface area contributed by atoms with Gasteiger partial charge in [-0.25, -0.2) is 8.78 Å². The molecule has 1 unspecified atom stereocenters. The first-order chi connectivity index (χ1) is 9.73. The average Bonchev–Trinajstić information content (AvgIpc) is 2.43.